The number of aliphatic hydroxyl groups is 3. The van der Waals surface area contributed by atoms with Crippen LogP contribution in [0, 0.1) is 16.7 Å². The normalized spacial score (nSPS) is 31.3. The summed E-state index contributed by atoms with van der Waals surface area (Å²) in [6, 6.07) is 16.7. The molecule has 1 aliphatic heterocycles. The Bertz CT molecular complexity index is 2130. The quantitative estimate of drug-likeness (QED) is 0.0539. The van der Waals surface area contributed by atoms with Crippen LogP contribution in [0.5, 0.6) is 0 Å². The Kier molecular flexibility index (Phi) is 15.6. The predicted molar refractivity (Wildman–Crippen MR) is 239 cm³/mol. The van der Waals surface area contributed by atoms with E-state index < -0.39 is 107 Å². The van der Waals surface area contributed by atoms with Crippen molar-refractivity contribution >= 4 is 74.6 Å². The number of benzene rings is 2. The standard InChI is InChI=1S/C46H54Cl2O14S2/c1-25(28-14-9-7-10-15-28)36(60-42(55)57-19-21-64-63-20-13-18-33(47)48)41(54)59-30-23-46(56)39(61-40(53)29-16-11-8-12-17-29)37-44(6,38(52)35(51)34(26(30)2)43(46,4)5)31(50)22-32-45(37,24-58-32)62-27(3)49/h7-12,14-18,25,30-32,35-37,39,50-51,56H,13,19-24H2,1-6H3/t25-,30-,31-,32+,35+,36+,37-,39-,44+,45-,46-/m0/s1. The van der Waals surface area contributed by atoms with Crippen molar-refractivity contribution in [2.45, 2.75) is 115 Å². The fourth-order valence-corrected chi connectivity index (χ4v) is 11.9. The van der Waals surface area contributed by atoms with Crippen molar-refractivity contribution in [3.8, 4) is 0 Å². The van der Waals surface area contributed by atoms with E-state index in [1.165, 1.54) is 47.6 Å². The molecule has 1 saturated heterocycles. The van der Waals surface area contributed by atoms with Gasteiger partial charge in [0, 0.05) is 42.6 Å². The molecule has 3 aliphatic carbocycles. The Hall–Kier alpha value is -3.61. The summed E-state index contributed by atoms with van der Waals surface area (Å²) in [5, 5.41) is 37.8. The van der Waals surface area contributed by atoms with E-state index in [2.05, 4.69) is 0 Å². The van der Waals surface area contributed by atoms with Gasteiger partial charge in [-0.05, 0) is 49.1 Å². The number of esters is 3. The molecule has 0 spiro atoms. The number of ketones is 1. The summed E-state index contributed by atoms with van der Waals surface area (Å²) in [6.07, 6.45) is -8.77. The molecule has 2 aromatic rings. The number of hydrogen-bond donors (Lipinski definition) is 3. The lowest BCUT2D eigenvalue weighted by molar-refractivity contribution is -0.346. The maximum absolute atomic E-state index is 15.1. The molecule has 64 heavy (non-hydrogen) atoms. The number of Topliss-reactive ketones (excluding diaryl/α,β-unsaturated/α-hetero) is 1. The molecular formula is C46H54Cl2O14S2. The molecule has 6 rings (SSSR count). The van der Waals surface area contributed by atoms with E-state index >= 15 is 4.79 Å². The molecule has 0 aromatic heterocycles. The Morgan fingerprint density at radius 3 is 2.22 bits per heavy atom. The molecule has 18 heteroatoms. The van der Waals surface area contributed by atoms with E-state index in [0.717, 1.165) is 5.75 Å². The summed E-state index contributed by atoms with van der Waals surface area (Å²) < 4.78 is 35.7. The smallest absolute Gasteiger partial charge is 0.455 e. The first-order valence-electron chi connectivity index (χ1n) is 21.0. The van der Waals surface area contributed by atoms with Crippen LogP contribution in [0.2, 0.25) is 0 Å². The molecule has 2 saturated carbocycles. The third-order valence-electron chi connectivity index (χ3n) is 13.4. The fraction of sp³-hybridized carbons (Fsp3) is 0.543. The van der Waals surface area contributed by atoms with E-state index in [-0.39, 0.29) is 40.8 Å². The SMILES string of the molecule is CC(=O)O[C@@]12CO[C@@H]1C[C@H](O)[C@@]1(C)C(=O)[C@H](O)C3=C(C)[C@@H](OC(=O)[C@H](OC(=O)OCCSSCCC=C(Cl)Cl)[C@@H](C)c4ccccc4)C[C@](O)([C@@H](OC(=O)c4ccccc4)[C@H]21)C3(C)C. The molecule has 11 atom stereocenters. The van der Waals surface area contributed by atoms with Crippen molar-refractivity contribution in [3.05, 3.63) is 93.5 Å². The van der Waals surface area contributed by atoms with E-state index in [0.29, 0.717) is 17.7 Å². The first kappa shape index (κ1) is 49.8. The molecule has 2 aromatic carbocycles. The number of carbonyl (C=O) groups excluding carboxylic acids is 5. The molecular weight excluding hydrogens is 912 g/mol. The summed E-state index contributed by atoms with van der Waals surface area (Å²) in [4.78, 5) is 70.0. The molecule has 3 N–H and O–H groups in total. The highest BCUT2D eigenvalue weighted by Crippen LogP contribution is 2.64. The van der Waals surface area contributed by atoms with E-state index in [1.54, 1.807) is 82.3 Å². The topological polar surface area (TPSA) is 201 Å². The largest absolute Gasteiger partial charge is 0.509 e. The van der Waals surface area contributed by atoms with Gasteiger partial charge in [-0.1, -0.05) is 120 Å². The van der Waals surface area contributed by atoms with Crippen LogP contribution >= 0.6 is 44.8 Å². The average molecular weight is 966 g/mol. The van der Waals surface area contributed by atoms with Gasteiger partial charge < -0.3 is 43.7 Å². The number of aliphatic hydroxyl groups excluding tert-OH is 2. The van der Waals surface area contributed by atoms with Crippen LogP contribution in [0.15, 0.2) is 82.4 Å². The van der Waals surface area contributed by atoms with Crippen LogP contribution in [0.1, 0.15) is 82.6 Å². The first-order chi connectivity index (χ1) is 30.2. The number of halogens is 2. The Morgan fingerprint density at radius 2 is 1.61 bits per heavy atom. The van der Waals surface area contributed by atoms with Gasteiger partial charge in [0.1, 0.15) is 41.1 Å². The molecule has 0 unspecified atom stereocenters. The number of rotatable bonds is 15. The molecule has 0 radical (unpaired) electrons. The van der Waals surface area contributed by atoms with Gasteiger partial charge in [-0.25, -0.2) is 14.4 Å². The number of carbonyl (C=O) groups is 5. The number of ether oxygens (including phenoxy) is 6. The van der Waals surface area contributed by atoms with Crippen LogP contribution in [0.4, 0.5) is 4.79 Å². The maximum atomic E-state index is 15.1. The van der Waals surface area contributed by atoms with Crippen molar-refractivity contribution < 1.29 is 67.7 Å². The molecule has 14 nitrogen and oxygen atoms in total. The minimum atomic E-state index is -2.34. The summed E-state index contributed by atoms with van der Waals surface area (Å²) in [6.45, 7) is 8.61. The molecule has 0 amide bonds. The van der Waals surface area contributed by atoms with Gasteiger partial charge in [-0.2, -0.15) is 0 Å². The van der Waals surface area contributed by atoms with Crippen LogP contribution in [-0.4, -0.2) is 118 Å². The average Bonchev–Trinajstić information content (AvgIpc) is 3.25. The van der Waals surface area contributed by atoms with Crippen LogP contribution in [0.25, 0.3) is 0 Å². The molecule has 2 bridgehead atoms. The van der Waals surface area contributed by atoms with Gasteiger partial charge in [0.05, 0.1) is 29.6 Å². The zero-order valence-electron chi connectivity index (χ0n) is 36.3. The number of hydrogen-bond acceptors (Lipinski definition) is 16. The second-order valence-corrected chi connectivity index (χ2v) is 21.1. The maximum Gasteiger partial charge on any atom is 0.509 e. The monoisotopic (exact) mass is 964 g/mol. The van der Waals surface area contributed by atoms with Crippen LogP contribution < -0.4 is 0 Å². The van der Waals surface area contributed by atoms with Crippen molar-refractivity contribution in [3.63, 3.8) is 0 Å². The highest BCUT2D eigenvalue weighted by Gasteiger charge is 2.78. The molecule has 3 fully saturated rings. The van der Waals surface area contributed by atoms with Crippen molar-refractivity contribution in [2.75, 3.05) is 24.7 Å². The van der Waals surface area contributed by atoms with Gasteiger partial charge in [-0.3, -0.25) is 9.59 Å². The minimum absolute atomic E-state index is 0.0321. The molecule has 1 heterocycles. The van der Waals surface area contributed by atoms with Crippen molar-refractivity contribution in [2.24, 2.45) is 16.7 Å². The lowest BCUT2D eigenvalue weighted by Gasteiger charge is -2.67. The van der Waals surface area contributed by atoms with E-state index in [9.17, 15) is 34.5 Å². The first-order valence-corrected chi connectivity index (χ1v) is 24.2. The Balaban J connectivity index is 1.39. The van der Waals surface area contributed by atoms with E-state index in [1.807, 2.05) is 0 Å². The highest BCUT2D eigenvalue weighted by molar-refractivity contribution is 8.76. The zero-order chi connectivity index (χ0) is 46.8. The van der Waals surface area contributed by atoms with Gasteiger partial charge in [0.15, 0.2) is 11.4 Å². The molecule has 348 valence electrons. The zero-order valence-corrected chi connectivity index (χ0v) is 39.5. The summed E-state index contributed by atoms with van der Waals surface area (Å²) in [5.74, 6) is -4.77. The second-order valence-electron chi connectivity index (χ2n) is 17.4. The molecule has 4 aliphatic rings. The van der Waals surface area contributed by atoms with Gasteiger partial charge in [0.25, 0.3) is 0 Å². The highest BCUT2D eigenvalue weighted by atomic mass is 35.5. The minimum Gasteiger partial charge on any atom is -0.455 e. The summed E-state index contributed by atoms with van der Waals surface area (Å²) in [7, 11) is 2.98. The van der Waals surface area contributed by atoms with E-state index in [4.69, 9.17) is 51.6 Å². The second kappa shape index (κ2) is 20.1. The predicted octanol–water partition coefficient (Wildman–Crippen LogP) is 7.05. The van der Waals surface area contributed by atoms with Crippen molar-refractivity contribution in [1.29, 1.82) is 0 Å². The van der Waals surface area contributed by atoms with Crippen molar-refractivity contribution in [1.82, 2.24) is 0 Å². The third-order valence-corrected chi connectivity index (χ3v) is 16.1. The summed E-state index contributed by atoms with van der Waals surface area (Å²) >= 11 is 11.3. The van der Waals surface area contributed by atoms with Crippen LogP contribution in [-0.2, 0) is 42.8 Å². The fourth-order valence-electron chi connectivity index (χ4n) is 9.90. The van der Waals surface area contributed by atoms with Gasteiger partial charge in [-0.15, -0.1) is 0 Å². The lowest BCUT2D eigenvalue weighted by atomic mass is 9.44. The number of fused-ring (bicyclic) bond motifs is 5. The lowest BCUT2D eigenvalue weighted by Crippen LogP contribution is -2.81. The Morgan fingerprint density at radius 1 is 0.969 bits per heavy atom. The summed E-state index contributed by atoms with van der Waals surface area (Å²) in [5.41, 5.74) is -6.81. The van der Waals surface area contributed by atoms with Gasteiger partial charge >= 0.3 is 24.1 Å². The number of allylic oxidation sites excluding steroid dienone is 1. The van der Waals surface area contributed by atoms with Gasteiger partial charge in [0.2, 0.25) is 6.10 Å². The Labute approximate surface area is 390 Å². The van der Waals surface area contributed by atoms with Crippen LogP contribution in [0.3, 0.4) is 0 Å². The third kappa shape index (κ3) is 9.49.